The standard InChI is InChI=1S/C28H28ClN3O5S/c1-3-18-6-4-7-22-20(15-31(26(18)22)17-25(34)30-12-5-13-37-2)14-24-27(35)32(28(36)38-24)16-23(33)19-8-10-21(29)11-9-19/h4,6-11,14-15H,3,5,12-13,16-17H2,1-2H3,(H,30,34)/b24-14-. The van der Waals surface area contributed by atoms with Gasteiger partial charge in [-0.15, -0.1) is 0 Å². The Morgan fingerprint density at radius 3 is 2.58 bits per heavy atom. The van der Waals surface area contributed by atoms with Crippen molar-refractivity contribution in [3.8, 4) is 0 Å². The topological polar surface area (TPSA) is 97.7 Å². The number of thioether (sulfide) groups is 1. The van der Waals surface area contributed by atoms with E-state index in [2.05, 4.69) is 5.32 Å². The van der Waals surface area contributed by atoms with Crippen molar-refractivity contribution in [1.82, 2.24) is 14.8 Å². The molecule has 1 saturated heterocycles. The number of halogens is 1. The molecule has 1 aliphatic heterocycles. The van der Waals surface area contributed by atoms with Gasteiger partial charge in [0.2, 0.25) is 5.91 Å². The molecule has 1 aliphatic rings. The van der Waals surface area contributed by atoms with Gasteiger partial charge in [0.15, 0.2) is 5.78 Å². The fraction of sp³-hybridized carbons (Fsp3) is 0.286. The number of Topliss-reactive ketones (excluding diaryl/α,β-unsaturated/α-hetero) is 1. The molecule has 38 heavy (non-hydrogen) atoms. The molecule has 2 heterocycles. The largest absolute Gasteiger partial charge is 0.385 e. The zero-order chi connectivity index (χ0) is 27.2. The van der Waals surface area contributed by atoms with Gasteiger partial charge in [0.25, 0.3) is 11.1 Å². The van der Waals surface area contributed by atoms with Crippen molar-refractivity contribution in [1.29, 1.82) is 0 Å². The van der Waals surface area contributed by atoms with Crippen LogP contribution in [0.2, 0.25) is 5.02 Å². The third-order valence-corrected chi connectivity index (χ3v) is 7.34. The third kappa shape index (κ3) is 6.18. The number of amides is 3. The molecular weight excluding hydrogens is 526 g/mol. The second-order valence-electron chi connectivity index (χ2n) is 8.77. The number of carbonyl (C=O) groups excluding carboxylic acids is 4. The number of nitrogens with one attached hydrogen (secondary N) is 1. The normalized spacial score (nSPS) is 14.6. The SMILES string of the molecule is CCc1cccc2c(/C=C3\SC(=O)N(CC(=O)c4ccc(Cl)cc4)C3=O)cn(CC(=O)NCCCOC)c12. The van der Waals surface area contributed by atoms with Gasteiger partial charge in [-0.2, -0.15) is 0 Å². The molecule has 1 fully saturated rings. The van der Waals surface area contributed by atoms with Gasteiger partial charge in [0.05, 0.1) is 17.0 Å². The lowest BCUT2D eigenvalue weighted by Gasteiger charge is -2.11. The lowest BCUT2D eigenvalue weighted by molar-refractivity contribution is -0.122. The zero-order valence-corrected chi connectivity index (χ0v) is 22.7. The average Bonchev–Trinajstić information content (AvgIpc) is 3.38. The fourth-order valence-corrected chi connectivity index (χ4v) is 5.25. The van der Waals surface area contributed by atoms with Crippen molar-refractivity contribution in [2.24, 2.45) is 0 Å². The van der Waals surface area contributed by atoms with Gasteiger partial charge < -0.3 is 14.6 Å². The summed E-state index contributed by atoms with van der Waals surface area (Å²) in [5, 5.41) is 3.76. The summed E-state index contributed by atoms with van der Waals surface area (Å²) in [4.78, 5) is 52.2. The molecule has 1 aromatic heterocycles. The van der Waals surface area contributed by atoms with Gasteiger partial charge >= 0.3 is 0 Å². The smallest absolute Gasteiger partial charge is 0.293 e. The van der Waals surface area contributed by atoms with Crippen molar-refractivity contribution in [3.05, 3.63) is 75.3 Å². The second-order valence-corrected chi connectivity index (χ2v) is 10.2. The van der Waals surface area contributed by atoms with E-state index in [1.807, 2.05) is 35.9 Å². The number of methoxy groups -OCH3 is 1. The summed E-state index contributed by atoms with van der Waals surface area (Å²) in [6, 6.07) is 12.2. The highest BCUT2D eigenvalue weighted by atomic mass is 35.5. The van der Waals surface area contributed by atoms with E-state index < -0.39 is 11.1 Å². The van der Waals surface area contributed by atoms with Crippen LogP contribution in [-0.4, -0.2) is 59.1 Å². The highest BCUT2D eigenvalue weighted by molar-refractivity contribution is 8.18. The Morgan fingerprint density at radius 1 is 1.11 bits per heavy atom. The van der Waals surface area contributed by atoms with Crippen LogP contribution in [0.4, 0.5) is 4.79 Å². The maximum atomic E-state index is 13.1. The lowest BCUT2D eigenvalue weighted by Crippen LogP contribution is -2.33. The predicted octanol–water partition coefficient (Wildman–Crippen LogP) is 4.93. The molecule has 3 amide bonds. The molecule has 1 N–H and O–H groups in total. The van der Waals surface area contributed by atoms with E-state index in [0.717, 1.165) is 51.5 Å². The van der Waals surface area contributed by atoms with Crippen LogP contribution in [0.25, 0.3) is 17.0 Å². The molecule has 0 unspecified atom stereocenters. The third-order valence-electron chi connectivity index (χ3n) is 6.18. The maximum Gasteiger partial charge on any atom is 0.293 e. The predicted molar refractivity (Wildman–Crippen MR) is 149 cm³/mol. The molecule has 0 saturated carbocycles. The van der Waals surface area contributed by atoms with Gasteiger partial charge in [-0.05, 0) is 60.5 Å². The number of imide groups is 1. The molecular formula is C28H28ClN3O5S. The van der Waals surface area contributed by atoms with Crippen molar-refractivity contribution in [2.75, 3.05) is 26.8 Å². The van der Waals surface area contributed by atoms with Crippen molar-refractivity contribution < 1.29 is 23.9 Å². The Kier molecular flexibility index (Phi) is 9.04. The summed E-state index contributed by atoms with van der Waals surface area (Å²) in [5.41, 5.74) is 3.06. The van der Waals surface area contributed by atoms with Crippen LogP contribution in [0.3, 0.4) is 0 Å². The first-order valence-electron chi connectivity index (χ1n) is 12.2. The zero-order valence-electron chi connectivity index (χ0n) is 21.2. The molecule has 4 rings (SSSR count). The van der Waals surface area contributed by atoms with E-state index in [9.17, 15) is 19.2 Å². The fourth-order valence-electron chi connectivity index (χ4n) is 4.29. The van der Waals surface area contributed by atoms with Crippen LogP contribution >= 0.6 is 23.4 Å². The molecule has 198 valence electrons. The molecule has 2 aromatic carbocycles. The number of aryl methyl sites for hydroxylation is 1. The van der Waals surface area contributed by atoms with E-state index in [1.54, 1.807) is 37.5 Å². The number of ether oxygens (including phenoxy) is 1. The van der Waals surface area contributed by atoms with E-state index in [0.29, 0.717) is 23.7 Å². The molecule has 3 aromatic rings. The van der Waals surface area contributed by atoms with Gasteiger partial charge in [-0.3, -0.25) is 24.1 Å². The molecule has 10 heteroatoms. The van der Waals surface area contributed by atoms with Crippen LogP contribution in [0, 0.1) is 0 Å². The summed E-state index contributed by atoms with van der Waals surface area (Å²) < 4.78 is 6.90. The van der Waals surface area contributed by atoms with Crippen LogP contribution in [0.1, 0.15) is 34.8 Å². The number of ketones is 1. The highest BCUT2D eigenvalue weighted by Crippen LogP contribution is 2.35. The summed E-state index contributed by atoms with van der Waals surface area (Å²) in [6.45, 7) is 2.89. The molecule has 0 spiro atoms. The van der Waals surface area contributed by atoms with Gasteiger partial charge in [0.1, 0.15) is 6.54 Å². The number of nitrogens with zero attached hydrogens (tertiary/aromatic N) is 2. The number of para-hydroxylation sites is 1. The Balaban J connectivity index is 1.58. The monoisotopic (exact) mass is 553 g/mol. The van der Waals surface area contributed by atoms with Crippen molar-refractivity contribution in [3.63, 3.8) is 0 Å². The van der Waals surface area contributed by atoms with Crippen LogP contribution < -0.4 is 5.32 Å². The molecule has 0 aliphatic carbocycles. The molecule has 0 bridgehead atoms. The second kappa shape index (κ2) is 12.4. The van der Waals surface area contributed by atoms with Gasteiger partial charge in [-0.25, -0.2) is 0 Å². The average molecular weight is 554 g/mol. The molecule has 0 atom stereocenters. The summed E-state index contributed by atoms with van der Waals surface area (Å²) in [7, 11) is 1.62. The van der Waals surface area contributed by atoms with E-state index in [4.69, 9.17) is 16.3 Å². The number of hydrogen-bond acceptors (Lipinski definition) is 6. The van der Waals surface area contributed by atoms with Gasteiger partial charge in [0, 0.05) is 48.0 Å². The first-order chi connectivity index (χ1) is 18.3. The number of aromatic nitrogens is 1. The lowest BCUT2D eigenvalue weighted by atomic mass is 10.1. The quantitative estimate of drug-likeness (QED) is 0.205. The Bertz CT molecular complexity index is 1410. The maximum absolute atomic E-state index is 13.1. The Labute approximate surface area is 229 Å². The molecule has 0 radical (unpaired) electrons. The first-order valence-corrected chi connectivity index (χ1v) is 13.4. The van der Waals surface area contributed by atoms with E-state index >= 15 is 0 Å². The Morgan fingerprint density at radius 2 is 1.87 bits per heavy atom. The minimum Gasteiger partial charge on any atom is -0.385 e. The van der Waals surface area contributed by atoms with E-state index in [1.165, 1.54) is 0 Å². The van der Waals surface area contributed by atoms with Crippen molar-refractivity contribution in [2.45, 2.75) is 26.3 Å². The van der Waals surface area contributed by atoms with Crippen LogP contribution in [0.15, 0.2) is 53.6 Å². The first kappa shape index (κ1) is 27.6. The van der Waals surface area contributed by atoms with Crippen LogP contribution in [0.5, 0.6) is 0 Å². The number of rotatable bonds is 11. The minimum atomic E-state index is -0.522. The minimum absolute atomic E-state index is 0.116. The van der Waals surface area contributed by atoms with Crippen molar-refractivity contribution >= 4 is 63.2 Å². The summed E-state index contributed by atoms with van der Waals surface area (Å²) in [6.07, 6.45) is 4.97. The van der Waals surface area contributed by atoms with Gasteiger partial charge in [-0.1, -0.05) is 36.7 Å². The summed E-state index contributed by atoms with van der Waals surface area (Å²) in [5.74, 6) is -1.01. The number of hydrogen-bond donors (Lipinski definition) is 1. The van der Waals surface area contributed by atoms with E-state index in [-0.39, 0.29) is 29.7 Å². The number of benzene rings is 2. The van der Waals surface area contributed by atoms with Crippen LogP contribution in [-0.2, 0) is 27.3 Å². The molecule has 8 nitrogen and oxygen atoms in total. The Hall–Kier alpha value is -3.40. The number of fused-ring (bicyclic) bond motifs is 1. The highest BCUT2D eigenvalue weighted by Gasteiger charge is 2.36. The summed E-state index contributed by atoms with van der Waals surface area (Å²) >= 11 is 6.68. The number of carbonyl (C=O) groups is 4.